The van der Waals surface area contributed by atoms with Crippen molar-refractivity contribution < 1.29 is 14.9 Å². The van der Waals surface area contributed by atoms with Crippen LogP contribution < -0.4 is 10.5 Å². The minimum atomic E-state index is -0.676. The van der Waals surface area contributed by atoms with E-state index in [0.29, 0.717) is 13.0 Å². The highest BCUT2D eigenvalue weighted by molar-refractivity contribution is 5.29. The number of hydrogen-bond acceptors (Lipinski definition) is 4. The second-order valence-electron chi connectivity index (χ2n) is 5.81. The Morgan fingerprint density at radius 1 is 1.25 bits per heavy atom. The first kappa shape index (κ1) is 15.3. The summed E-state index contributed by atoms with van der Waals surface area (Å²) in [6.45, 7) is 0.598. The van der Waals surface area contributed by atoms with Gasteiger partial charge in [0, 0.05) is 6.54 Å². The molecule has 1 unspecified atom stereocenters. The fraction of sp³-hybridized carbons (Fsp3) is 0.625. The van der Waals surface area contributed by atoms with Crippen LogP contribution in [0, 0.1) is 0 Å². The molecule has 0 radical (unpaired) electrons. The Morgan fingerprint density at radius 3 is 2.70 bits per heavy atom. The van der Waals surface area contributed by atoms with E-state index in [1.807, 2.05) is 24.3 Å². The van der Waals surface area contributed by atoms with Gasteiger partial charge in [-0.25, -0.2) is 0 Å². The summed E-state index contributed by atoms with van der Waals surface area (Å²) < 4.78 is 5.74. The molecule has 0 bridgehead atoms. The second-order valence-corrected chi connectivity index (χ2v) is 5.81. The maximum Gasteiger partial charge on any atom is 0.119 e. The lowest BCUT2D eigenvalue weighted by molar-refractivity contribution is -0.0339. The van der Waals surface area contributed by atoms with Crippen molar-refractivity contribution in [2.24, 2.45) is 5.73 Å². The van der Waals surface area contributed by atoms with Crippen molar-refractivity contribution in [2.75, 3.05) is 13.2 Å². The molecule has 1 aromatic rings. The lowest BCUT2D eigenvalue weighted by Crippen LogP contribution is -2.37. The summed E-state index contributed by atoms with van der Waals surface area (Å²) in [6, 6.07) is 7.63. The van der Waals surface area contributed by atoms with E-state index in [1.165, 1.54) is 6.42 Å². The van der Waals surface area contributed by atoms with E-state index in [4.69, 9.17) is 10.5 Å². The molecule has 0 heterocycles. The van der Waals surface area contributed by atoms with Crippen molar-refractivity contribution in [3.05, 3.63) is 29.8 Å². The van der Waals surface area contributed by atoms with Crippen molar-refractivity contribution in [1.82, 2.24) is 0 Å². The van der Waals surface area contributed by atoms with Gasteiger partial charge in [-0.15, -0.1) is 0 Å². The predicted octanol–water partition coefficient (Wildman–Crippen LogP) is 1.62. The van der Waals surface area contributed by atoms with Gasteiger partial charge >= 0.3 is 0 Å². The van der Waals surface area contributed by atoms with E-state index < -0.39 is 11.7 Å². The second kappa shape index (κ2) is 7.07. The van der Waals surface area contributed by atoms with Gasteiger partial charge < -0.3 is 20.7 Å². The van der Waals surface area contributed by atoms with Crippen LogP contribution in [0.3, 0.4) is 0 Å². The molecule has 112 valence electrons. The molecule has 20 heavy (non-hydrogen) atoms. The fourth-order valence-corrected chi connectivity index (χ4v) is 2.69. The number of rotatable bonds is 6. The summed E-state index contributed by atoms with van der Waals surface area (Å²) >= 11 is 0. The van der Waals surface area contributed by atoms with Crippen molar-refractivity contribution in [3.63, 3.8) is 0 Å². The zero-order chi connectivity index (χ0) is 14.4. The molecule has 1 saturated carbocycles. The van der Waals surface area contributed by atoms with Crippen molar-refractivity contribution in [2.45, 2.75) is 50.2 Å². The van der Waals surface area contributed by atoms with Crippen LogP contribution in [0.25, 0.3) is 0 Å². The SMILES string of the molecule is NCC(O)Cc1cccc(OCC2(O)CCCCC2)c1. The Bertz CT molecular complexity index is 416. The molecule has 0 aliphatic heterocycles. The van der Waals surface area contributed by atoms with Crippen LogP contribution in [0.2, 0.25) is 0 Å². The van der Waals surface area contributed by atoms with Crippen LogP contribution >= 0.6 is 0 Å². The third-order valence-electron chi connectivity index (χ3n) is 3.93. The van der Waals surface area contributed by atoms with Gasteiger partial charge in [0.25, 0.3) is 0 Å². The third-order valence-corrected chi connectivity index (χ3v) is 3.93. The minimum Gasteiger partial charge on any atom is -0.491 e. The summed E-state index contributed by atoms with van der Waals surface area (Å²) in [6.07, 6.45) is 4.99. The van der Waals surface area contributed by atoms with Crippen LogP contribution in [0.4, 0.5) is 0 Å². The smallest absolute Gasteiger partial charge is 0.119 e. The molecule has 0 amide bonds. The van der Waals surface area contributed by atoms with Crippen molar-refractivity contribution in [3.8, 4) is 5.75 Å². The van der Waals surface area contributed by atoms with Gasteiger partial charge in [-0.3, -0.25) is 0 Å². The molecular weight excluding hydrogens is 254 g/mol. The van der Waals surface area contributed by atoms with E-state index in [1.54, 1.807) is 0 Å². The molecule has 4 nitrogen and oxygen atoms in total. The highest BCUT2D eigenvalue weighted by atomic mass is 16.5. The van der Waals surface area contributed by atoms with Gasteiger partial charge in [0.15, 0.2) is 0 Å². The van der Waals surface area contributed by atoms with Crippen LogP contribution in [0.5, 0.6) is 5.75 Å². The Balaban J connectivity index is 1.90. The molecule has 1 aliphatic carbocycles. The van der Waals surface area contributed by atoms with E-state index in [0.717, 1.165) is 37.0 Å². The van der Waals surface area contributed by atoms with Gasteiger partial charge in [-0.2, -0.15) is 0 Å². The average Bonchev–Trinajstić information content (AvgIpc) is 2.46. The quantitative estimate of drug-likeness (QED) is 0.739. The molecule has 1 atom stereocenters. The maximum atomic E-state index is 10.4. The molecule has 4 heteroatoms. The molecule has 0 saturated heterocycles. The summed E-state index contributed by atoms with van der Waals surface area (Å²) in [4.78, 5) is 0. The number of aliphatic hydroxyl groups excluding tert-OH is 1. The summed E-state index contributed by atoms with van der Waals surface area (Å²) in [5, 5.41) is 20.0. The average molecular weight is 279 g/mol. The minimum absolute atomic E-state index is 0.255. The normalized spacial score (nSPS) is 19.6. The first-order valence-corrected chi connectivity index (χ1v) is 7.43. The largest absolute Gasteiger partial charge is 0.491 e. The molecule has 0 aromatic heterocycles. The third kappa shape index (κ3) is 4.47. The van der Waals surface area contributed by atoms with Gasteiger partial charge in [-0.05, 0) is 37.0 Å². The fourth-order valence-electron chi connectivity index (χ4n) is 2.69. The highest BCUT2D eigenvalue weighted by Gasteiger charge is 2.29. The van der Waals surface area contributed by atoms with Crippen molar-refractivity contribution in [1.29, 1.82) is 0 Å². The summed E-state index contributed by atoms with van der Waals surface area (Å²) in [5.41, 5.74) is 5.74. The molecule has 2 rings (SSSR count). The Labute approximate surface area is 120 Å². The van der Waals surface area contributed by atoms with Crippen molar-refractivity contribution >= 4 is 0 Å². The lowest BCUT2D eigenvalue weighted by atomic mass is 9.85. The number of aliphatic hydroxyl groups is 2. The monoisotopic (exact) mass is 279 g/mol. The number of hydrogen-bond donors (Lipinski definition) is 3. The van der Waals surface area contributed by atoms with Crippen LogP contribution in [-0.2, 0) is 6.42 Å². The number of nitrogens with two attached hydrogens (primary N) is 1. The van der Waals surface area contributed by atoms with Gasteiger partial charge in [0.05, 0.1) is 11.7 Å². The molecule has 0 spiro atoms. The van der Waals surface area contributed by atoms with Gasteiger partial charge in [0.2, 0.25) is 0 Å². The molecule has 4 N–H and O–H groups in total. The molecule has 1 aromatic carbocycles. The lowest BCUT2D eigenvalue weighted by Gasteiger charge is -2.31. The zero-order valence-electron chi connectivity index (χ0n) is 11.9. The van der Waals surface area contributed by atoms with E-state index >= 15 is 0 Å². The Kier molecular flexibility index (Phi) is 5.40. The predicted molar refractivity (Wildman–Crippen MR) is 78.7 cm³/mol. The Morgan fingerprint density at radius 2 is 2.00 bits per heavy atom. The Hall–Kier alpha value is -1.10. The number of ether oxygens (including phenoxy) is 1. The highest BCUT2D eigenvalue weighted by Crippen LogP contribution is 2.29. The molecule has 1 fully saturated rings. The topological polar surface area (TPSA) is 75.7 Å². The number of benzene rings is 1. The van der Waals surface area contributed by atoms with Gasteiger partial charge in [0.1, 0.15) is 12.4 Å². The van der Waals surface area contributed by atoms with Gasteiger partial charge in [-0.1, -0.05) is 31.4 Å². The first-order chi connectivity index (χ1) is 9.61. The van der Waals surface area contributed by atoms with Crippen LogP contribution in [-0.4, -0.2) is 35.1 Å². The molecule has 1 aliphatic rings. The summed E-state index contributed by atoms with van der Waals surface area (Å²) in [7, 11) is 0. The molecular formula is C16H25NO3. The maximum absolute atomic E-state index is 10.4. The van der Waals surface area contributed by atoms with E-state index in [-0.39, 0.29) is 6.54 Å². The zero-order valence-corrected chi connectivity index (χ0v) is 11.9. The van der Waals surface area contributed by atoms with E-state index in [2.05, 4.69) is 0 Å². The summed E-state index contributed by atoms with van der Waals surface area (Å²) in [5.74, 6) is 0.741. The van der Waals surface area contributed by atoms with Crippen LogP contribution in [0.1, 0.15) is 37.7 Å². The standard InChI is InChI=1S/C16H25NO3/c17-11-14(18)9-13-5-4-6-15(10-13)20-12-16(19)7-2-1-3-8-16/h4-6,10,14,18-19H,1-3,7-9,11-12,17H2. The first-order valence-electron chi connectivity index (χ1n) is 7.43. The van der Waals surface area contributed by atoms with Crippen LogP contribution in [0.15, 0.2) is 24.3 Å². The van der Waals surface area contributed by atoms with E-state index in [9.17, 15) is 10.2 Å².